The van der Waals surface area contributed by atoms with Crippen LogP contribution in [0.3, 0.4) is 0 Å². The Kier molecular flexibility index (Phi) is 2.25. The minimum absolute atomic E-state index is 0.0904. The van der Waals surface area contributed by atoms with Crippen molar-refractivity contribution in [2.45, 2.75) is 0 Å². The first-order valence-electron chi connectivity index (χ1n) is 1.72. The fraction of sp³-hybridized carbons (Fsp3) is 0. The SMILES string of the molecule is NC(=O)C(=O)NC=O. The number of imide groups is 1. The summed E-state index contributed by atoms with van der Waals surface area (Å²) in [6.45, 7) is 0. The average Bonchev–Trinajstić information content (AvgIpc) is 1.67. The van der Waals surface area contributed by atoms with E-state index in [0.29, 0.717) is 0 Å². The van der Waals surface area contributed by atoms with Crippen molar-refractivity contribution in [2.75, 3.05) is 0 Å². The molecule has 0 spiro atoms. The number of primary amides is 1. The van der Waals surface area contributed by atoms with E-state index in [0.717, 1.165) is 0 Å². The lowest BCUT2D eigenvalue weighted by Crippen LogP contribution is -2.34. The van der Waals surface area contributed by atoms with Gasteiger partial charge in [0.05, 0.1) is 0 Å². The zero-order chi connectivity index (χ0) is 6.57. The lowest BCUT2D eigenvalue weighted by molar-refractivity contribution is -0.138. The molecule has 44 valence electrons. The summed E-state index contributed by atoms with van der Waals surface area (Å²) in [5, 5.41) is 1.55. The lowest BCUT2D eigenvalue weighted by atomic mass is 10.6. The molecule has 0 aromatic heterocycles. The van der Waals surface area contributed by atoms with Crippen LogP contribution < -0.4 is 11.1 Å². The quantitative estimate of drug-likeness (QED) is 0.299. The van der Waals surface area contributed by atoms with Crippen LogP contribution in [0.15, 0.2) is 0 Å². The van der Waals surface area contributed by atoms with Crippen molar-refractivity contribution in [2.24, 2.45) is 5.73 Å². The van der Waals surface area contributed by atoms with Gasteiger partial charge in [0.25, 0.3) is 0 Å². The summed E-state index contributed by atoms with van der Waals surface area (Å²) in [7, 11) is 0. The molecule has 8 heavy (non-hydrogen) atoms. The summed E-state index contributed by atoms with van der Waals surface area (Å²) in [5.74, 6) is -2.27. The number of hydrogen-bond acceptors (Lipinski definition) is 3. The number of nitrogens with two attached hydrogens (primary N) is 1. The van der Waals surface area contributed by atoms with Crippen molar-refractivity contribution in [1.29, 1.82) is 0 Å². The van der Waals surface area contributed by atoms with E-state index >= 15 is 0 Å². The molecular formula is C3H4N2O3. The van der Waals surface area contributed by atoms with E-state index in [1.165, 1.54) is 0 Å². The molecule has 0 aliphatic heterocycles. The molecule has 0 heterocycles. The molecule has 0 aliphatic carbocycles. The fourth-order valence-electron chi connectivity index (χ4n) is 0.125. The summed E-state index contributed by atoms with van der Waals surface area (Å²) in [5.41, 5.74) is 4.41. The molecule has 3 N–H and O–H groups in total. The van der Waals surface area contributed by atoms with Crippen LogP contribution in [0.1, 0.15) is 0 Å². The van der Waals surface area contributed by atoms with E-state index in [1.54, 1.807) is 5.32 Å². The Bertz CT molecular complexity index is 130. The molecule has 0 aliphatic rings. The van der Waals surface area contributed by atoms with E-state index in [4.69, 9.17) is 0 Å². The summed E-state index contributed by atoms with van der Waals surface area (Å²) >= 11 is 0. The molecule has 0 unspecified atom stereocenters. The lowest BCUT2D eigenvalue weighted by Gasteiger charge is -1.85. The molecule has 0 saturated heterocycles. The first-order chi connectivity index (χ1) is 3.68. The van der Waals surface area contributed by atoms with Crippen LogP contribution in [0.25, 0.3) is 0 Å². The number of nitrogens with one attached hydrogen (secondary N) is 1. The van der Waals surface area contributed by atoms with Gasteiger partial charge in [-0.25, -0.2) is 0 Å². The Labute approximate surface area is 44.8 Å². The second-order valence-electron chi connectivity index (χ2n) is 0.956. The molecule has 0 atom stereocenters. The molecule has 5 heteroatoms. The third-order valence-electron chi connectivity index (χ3n) is 0.414. The highest BCUT2D eigenvalue weighted by molar-refractivity contribution is 6.36. The molecule has 0 rings (SSSR count). The van der Waals surface area contributed by atoms with Crippen molar-refractivity contribution in [3.05, 3.63) is 0 Å². The molecule has 0 aromatic rings. The monoisotopic (exact) mass is 116 g/mol. The first-order valence-corrected chi connectivity index (χ1v) is 1.72. The van der Waals surface area contributed by atoms with Crippen LogP contribution in [-0.4, -0.2) is 18.2 Å². The molecule has 3 amide bonds. The maximum Gasteiger partial charge on any atom is 0.315 e. The third-order valence-corrected chi connectivity index (χ3v) is 0.414. The number of rotatable bonds is 1. The fourth-order valence-corrected chi connectivity index (χ4v) is 0.125. The summed E-state index contributed by atoms with van der Waals surface area (Å²) < 4.78 is 0. The van der Waals surface area contributed by atoms with Crippen LogP contribution in [0.2, 0.25) is 0 Å². The molecule has 0 saturated carbocycles. The van der Waals surface area contributed by atoms with Crippen LogP contribution >= 0.6 is 0 Å². The van der Waals surface area contributed by atoms with E-state index < -0.39 is 11.8 Å². The first kappa shape index (κ1) is 6.61. The normalized spacial score (nSPS) is 7.50. The van der Waals surface area contributed by atoms with Gasteiger partial charge in [-0.2, -0.15) is 0 Å². The third kappa shape index (κ3) is 1.91. The van der Waals surface area contributed by atoms with Crippen molar-refractivity contribution in [1.82, 2.24) is 5.32 Å². The van der Waals surface area contributed by atoms with Gasteiger partial charge in [0.15, 0.2) is 0 Å². The zero-order valence-electron chi connectivity index (χ0n) is 3.88. The second kappa shape index (κ2) is 2.73. The van der Waals surface area contributed by atoms with Gasteiger partial charge in [-0.1, -0.05) is 0 Å². The predicted molar refractivity (Wildman–Crippen MR) is 23.4 cm³/mol. The van der Waals surface area contributed by atoms with E-state index in [-0.39, 0.29) is 6.41 Å². The number of carbonyl (C=O) groups excluding carboxylic acids is 3. The Hall–Kier alpha value is -1.39. The van der Waals surface area contributed by atoms with Crippen molar-refractivity contribution in [3.63, 3.8) is 0 Å². The van der Waals surface area contributed by atoms with Crippen LogP contribution in [0.5, 0.6) is 0 Å². The Balaban J connectivity index is 3.65. The van der Waals surface area contributed by atoms with Gasteiger partial charge in [-0.15, -0.1) is 0 Å². The maximum absolute atomic E-state index is 9.93. The molecule has 0 radical (unpaired) electrons. The van der Waals surface area contributed by atoms with Gasteiger partial charge in [-0.05, 0) is 0 Å². The van der Waals surface area contributed by atoms with Crippen molar-refractivity contribution in [3.8, 4) is 0 Å². The summed E-state index contributed by atoms with van der Waals surface area (Å²) in [6, 6.07) is 0. The largest absolute Gasteiger partial charge is 0.361 e. The predicted octanol–water partition coefficient (Wildman–Crippen LogP) is -2.26. The Morgan fingerprint density at radius 1 is 1.50 bits per heavy atom. The van der Waals surface area contributed by atoms with E-state index in [2.05, 4.69) is 5.73 Å². The smallest absolute Gasteiger partial charge is 0.315 e. The Morgan fingerprint density at radius 2 is 2.00 bits per heavy atom. The van der Waals surface area contributed by atoms with Gasteiger partial charge in [0, 0.05) is 0 Å². The second-order valence-corrected chi connectivity index (χ2v) is 0.956. The minimum Gasteiger partial charge on any atom is -0.361 e. The van der Waals surface area contributed by atoms with E-state index in [9.17, 15) is 14.4 Å². The highest BCUT2D eigenvalue weighted by Gasteiger charge is 2.04. The standard InChI is InChI=1S/C3H4N2O3/c4-2(7)3(8)5-1-6/h1H,(H2,4,7)(H,5,6,8). The highest BCUT2D eigenvalue weighted by Crippen LogP contribution is 1.54. The summed E-state index contributed by atoms with van der Waals surface area (Å²) in [4.78, 5) is 29.0. The minimum atomic E-state index is -1.17. The highest BCUT2D eigenvalue weighted by atomic mass is 16.2. The van der Waals surface area contributed by atoms with E-state index in [1.807, 2.05) is 0 Å². The molecule has 0 fully saturated rings. The van der Waals surface area contributed by atoms with Gasteiger partial charge < -0.3 is 5.73 Å². The van der Waals surface area contributed by atoms with Crippen LogP contribution in [0, 0.1) is 0 Å². The average molecular weight is 116 g/mol. The molecule has 0 aromatic carbocycles. The van der Waals surface area contributed by atoms with Crippen LogP contribution in [-0.2, 0) is 14.4 Å². The van der Waals surface area contributed by atoms with Gasteiger partial charge in [0.2, 0.25) is 6.41 Å². The van der Waals surface area contributed by atoms with Gasteiger partial charge in [-0.3, -0.25) is 19.7 Å². The molecule has 0 bridgehead atoms. The number of hydrogen-bond donors (Lipinski definition) is 2. The zero-order valence-corrected chi connectivity index (χ0v) is 3.88. The van der Waals surface area contributed by atoms with Gasteiger partial charge >= 0.3 is 11.8 Å². The Morgan fingerprint density at radius 3 is 2.12 bits per heavy atom. The van der Waals surface area contributed by atoms with Crippen molar-refractivity contribution >= 4 is 18.2 Å². The number of amides is 3. The molecule has 5 nitrogen and oxygen atoms in total. The number of carbonyl (C=O) groups is 3. The summed E-state index contributed by atoms with van der Waals surface area (Å²) in [6.07, 6.45) is 0.0904. The molecular weight excluding hydrogens is 112 g/mol. The maximum atomic E-state index is 9.93. The van der Waals surface area contributed by atoms with Crippen LogP contribution in [0.4, 0.5) is 0 Å². The topological polar surface area (TPSA) is 89.3 Å². The van der Waals surface area contributed by atoms with Crippen molar-refractivity contribution < 1.29 is 14.4 Å². The van der Waals surface area contributed by atoms with Gasteiger partial charge in [0.1, 0.15) is 0 Å².